The molecule has 1 N–H and O–H groups in total. The van der Waals surface area contributed by atoms with Crippen molar-refractivity contribution in [1.82, 2.24) is 4.98 Å². The molecule has 0 bridgehead atoms. The highest BCUT2D eigenvalue weighted by molar-refractivity contribution is 5.86. The second-order valence-electron chi connectivity index (χ2n) is 2.98. The molecule has 0 spiro atoms. The second kappa shape index (κ2) is 2.60. The van der Waals surface area contributed by atoms with E-state index in [1.54, 1.807) is 0 Å². The molecular formula is C10H7FN2. The van der Waals surface area contributed by atoms with Crippen LogP contribution in [0.4, 0.5) is 4.39 Å². The fourth-order valence-corrected chi connectivity index (χ4v) is 1.43. The van der Waals surface area contributed by atoms with Gasteiger partial charge in [-0.3, -0.25) is 0 Å². The Kier molecular flexibility index (Phi) is 1.56. The van der Waals surface area contributed by atoms with E-state index in [4.69, 9.17) is 5.26 Å². The lowest BCUT2D eigenvalue weighted by Gasteiger charge is -1.93. The first-order valence-corrected chi connectivity index (χ1v) is 3.89. The van der Waals surface area contributed by atoms with Gasteiger partial charge in [0.1, 0.15) is 5.82 Å². The highest BCUT2D eigenvalue weighted by Crippen LogP contribution is 2.20. The number of rotatable bonds is 0. The van der Waals surface area contributed by atoms with Gasteiger partial charge in [0.15, 0.2) is 0 Å². The summed E-state index contributed by atoms with van der Waals surface area (Å²) in [5.74, 6) is -0.383. The third-order valence-electron chi connectivity index (χ3n) is 1.96. The lowest BCUT2D eigenvalue weighted by Crippen LogP contribution is -1.80. The Labute approximate surface area is 74.6 Å². The molecular weight excluding hydrogens is 167 g/mol. The number of hydrogen-bond donors (Lipinski definition) is 1. The summed E-state index contributed by atoms with van der Waals surface area (Å²) in [6.07, 6.45) is 0. The van der Waals surface area contributed by atoms with Crippen LogP contribution < -0.4 is 0 Å². The molecule has 0 atom stereocenters. The van der Waals surface area contributed by atoms with E-state index in [1.807, 2.05) is 19.1 Å². The molecule has 0 saturated heterocycles. The first-order valence-electron chi connectivity index (χ1n) is 3.89. The van der Waals surface area contributed by atoms with E-state index in [0.717, 1.165) is 11.1 Å². The minimum Gasteiger partial charge on any atom is -0.359 e. The van der Waals surface area contributed by atoms with Crippen LogP contribution in [-0.4, -0.2) is 4.98 Å². The molecule has 0 unspecified atom stereocenters. The molecule has 0 radical (unpaired) electrons. The predicted octanol–water partition coefficient (Wildman–Crippen LogP) is 2.49. The van der Waals surface area contributed by atoms with Crippen LogP contribution in [0.3, 0.4) is 0 Å². The molecule has 13 heavy (non-hydrogen) atoms. The molecule has 1 heterocycles. The summed E-state index contributed by atoms with van der Waals surface area (Å²) in [5.41, 5.74) is 1.98. The molecule has 0 aliphatic heterocycles. The van der Waals surface area contributed by atoms with E-state index in [0.29, 0.717) is 11.1 Å². The fourth-order valence-electron chi connectivity index (χ4n) is 1.43. The number of halogens is 1. The third-order valence-corrected chi connectivity index (χ3v) is 1.96. The zero-order chi connectivity index (χ0) is 9.42. The summed E-state index contributed by atoms with van der Waals surface area (Å²) < 4.78 is 12.9. The Morgan fingerprint density at radius 2 is 2.15 bits per heavy atom. The van der Waals surface area contributed by atoms with Crippen molar-refractivity contribution >= 4 is 10.9 Å². The van der Waals surface area contributed by atoms with Crippen LogP contribution in [0.2, 0.25) is 0 Å². The van der Waals surface area contributed by atoms with Crippen molar-refractivity contribution in [3.8, 4) is 6.07 Å². The molecule has 0 aliphatic rings. The Balaban J connectivity index is 2.90. The lowest BCUT2D eigenvalue weighted by molar-refractivity contribution is 0.629. The zero-order valence-corrected chi connectivity index (χ0v) is 7.06. The van der Waals surface area contributed by atoms with E-state index in [9.17, 15) is 4.39 Å². The molecule has 1 aromatic heterocycles. The van der Waals surface area contributed by atoms with Gasteiger partial charge in [-0.25, -0.2) is 4.39 Å². The van der Waals surface area contributed by atoms with Crippen LogP contribution >= 0.6 is 0 Å². The molecule has 2 nitrogen and oxygen atoms in total. The Bertz CT molecular complexity index is 505. The SMILES string of the molecule is Cc1cc2c(C#N)cc(F)cc2[nH]1. The lowest BCUT2D eigenvalue weighted by atomic mass is 10.1. The predicted molar refractivity (Wildman–Crippen MR) is 47.7 cm³/mol. The number of aromatic nitrogens is 1. The highest BCUT2D eigenvalue weighted by Gasteiger charge is 2.05. The highest BCUT2D eigenvalue weighted by atomic mass is 19.1. The maximum absolute atomic E-state index is 12.9. The molecule has 0 saturated carbocycles. The summed E-state index contributed by atoms with van der Waals surface area (Å²) in [6, 6.07) is 6.44. The fraction of sp³-hybridized carbons (Fsp3) is 0.100. The molecule has 0 fully saturated rings. The van der Waals surface area contributed by atoms with Crippen molar-refractivity contribution in [2.75, 3.05) is 0 Å². The minimum absolute atomic E-state index is 0.374. The van der Waals surface area contributed by atoms with Gasteiger partial charge < -0.3 is 4.98 Å². The van der Waals surface area contributed by atoms with Crippen molar-refractivity contribution in [3.05, 3.63) is 35.3 Å². The summed E-state index contributed by atoms with van der Waals surface area (Å²) in [7, 11) is 0. The van der Waals surface area contributed by atoms with Crippen LogP contribution in [0.15, 0.2) is 18.2 Å². The summed E-state index contributed by atoms with van der Waals surface area (Å²) >= 11 is 0. The topological polar surface area (TPSA) is 39.6 Å². The van der Waals surface area contributed by atoms with Crippen molar-refractivity contribution in [2.24, 2.45) is 0 Å². The second-order valence-corrected chi connectivity index (χ2v) is 2.98. The Morgan fingerprint density at radius 1 is 1.38 bits per heavy atom. The number of aromatic amines is 1. The van der Waals surface area contributed by atoms with Gasteiger partial charge in [0.25, 0.3) is 0 Å². The number of fused-ring (bicyclic) bond motifs is 1. The molecule has 0 amide bonds. The number of hydrogen-bond acceptors (Lipinski definition) is 1. The maximum Gasteiger partial charge on any atom is 0.126 e. The molecule has 64 valence electrons. The normalized spacial score (nSPS) is 10.2. The van der Waals surface area contributed by atoms with Gasteiger partial charge in [-0.05, 0) is 25.1 Å². The molecule has 0 aliphatic carbocycles. The molecule has 1 aromatic carbocycles. The average Bonchev–Trinajstić information content (AvgIpc) is 2.43. The van der Waals surface area contributed by atoms with Gasteiger partial charge in [0.2, 0.25) is 0 Å². The zero-order valence-electron chi connectivity index (χ0n) is 7.06. The number of nitrogens with zero attached hydrogens (tertiary/aromatic N) is 1. The van der Waals surface area contributed by atoms with E-state index in [2.05, 4.69) is 4.98 Å². The number of H-pyrrole nitrogens is 1. The largest absolute Gasteiger partial charge is 0.359 e. The maximum atomic E-state index is 12.9. The van der Waals surface area contributed by atoms with Gasteiger partial charge in [-0.15, -0.1) is 0 Å². The number of aryl methyl sites for hydroxylation is 1. The van der Waals surface area contributed by atoms with Crippen LogP contribution in [0.5, 0.6) is 0 Å². The molecule has 3 heteroatoms. The Hall–Kier alpha value is -1.82. The third kappa shape index (κ3) is 1.17. The van der Waals surface area contributed by atoms with Gasteiger partial charge in [0, 0.05) is 16.6 Å². The van der Waals surface area contributed by atoms with Gasteiger partial charge in [-0.1, -0.05) is 0 Å². The van der Waals surface area contributed by atoms with E-state index in [-0.39, 0.29) is 5.82 Å². The smallest absolute Gasteiger partial charge is 0.126 e. The summed E-state index contributed by atoms with van der Waals surface area (Å²) in [6.45, 7) is 1.87. The van der Waals surface area contributed by atoms with Gasteiger partial charge >= 0.3 is 0 Å². The van der Waals surface area contributed by atoms with Crippen molar-refractivity contribution in [3.63, 3.8) is 0 Å². The number of nitriles is 1. The standard InChI is InChI=1S/C10H7FN2/c1-6-2-9-7(5-12)3-8(11)4-10(9)13-6/h2-4,13H,1H3. The number of nitrogens with one attached hydrogen (secondary N) is 1. The summed E-state index contributed by atoms with van der Waals surface area (Å²) in [4.78, 5) is 2.98. The van der Waals surface area contributed by atoms with E-state index >= 15 is 0 Å². The average molecular weight is 174 g/mol. The van der Waals surface area contributed by atoms with Crippen LogP contribution in [0.1, 0.15) is 11.3 Å². The van der Waals surface area contributed by atoms with Crippen LogP contribution in [0, 0.1) is 24.1 Å². The monoisotopic (exact) mass is 174 g/mol. The first-order chi connectivity index (χ1) is 6.20. The quantitative estimate of drug-likeness (QED) is 0.654. The minimum atomic E-state index is -0.383. The van der Waals surface area contributed by atoms with Crippen molar-refractivity contribution < 1.29 is 4.39 Å². The van der Waals surface area contributed by atoms with Gasteiger partial charge in [-0.2, -0.15) is 5.26 Å². The summed E-state index contributed by atoms with van der Waals surface area (Å²) in [5, 5.41) is 9.52. The number of benzene rings is 1. The molecule has 2 aromatic rings. The van der Waals surface area contributed by atoms with E-state index < -0.39 is 0 Å². The van der Waals surface area contributed by atoms with Crippen molar-refractivity contribution in [1.29, 1.82) is 5.26 Å². The van der Waals surface area contributed by atoms with Gasteiger partial charge in [0.05, 0.1) is 11.6 Å². The first kappa shape index (κ1) is 7.81. The van der Waals surface area contributed by atoms with E-state index in [1.165, 1.54) is 12.1 Å². The van der Waals surface area contributed by atoms with Crippen LogP contribution in [-0.2, 0) is 0 Å². The van der Waals surface area contributed by atoms with Crippen molar-refractivity contribution in [2.45, 2.75) is 6.92 Å². The Morgan fingerprint density at radius 3 is 2.85 bits per heavy atom. The molecule has 2 rings (SSSR count). The van der Waals surface area contributed by atoms with Crippen LogP contribution in [0.25, 0.3) is 10.9 Å².